The molecule has 0 aliphatic heterocycles. The lowest BCUT2D eigenvalue weighted by Crippen LogP contribution is -2.28. The number of methoxy groups -OCH3 is 1. The fourth-order valence-electron chi connectivity index (χ4n) is 1.86. The van der Waals surface area contributed by atoms with Gasteiger partial charge in [-0.25, -0.2) is 0 Å². The largest absolute Gasteiger partial charge is 0.469 e. The van der Waals surface area contributed by atoms with E-state index >= 15 is 0 Å². The number of carbonyl (C=O) groups is 1. The van der Waals surface area contributed by atoms with Crippen molar-refractivity contribution in [1.29, 1.82) is 0 Å². The molecule has 0 spiro atoms. The Bertz CT molecular complexity index is 590. The van der Waals surface area contributed by atoms with Crippen molar-refractivity contribution >= 4 is 28.5 Å². The third-order valence-corrected chi connectivity index (χ3v) is 4.51. The van der Waals surface area contributed by atoms with Gasteiger partial charge in [0.2, 0.25) is 0 Å². The Morgan fingerprint density at radius 1 is 1.16 bits per heavy atom. The van der Waals surface area contributed by atoms with Crippen molar-refractivity contribution in [3.63, 3.8) is 0 Å². The van der Waals surface area contributed by atoms with Gasteiger partial charge in [-0.05, 0) is 36.8 Å². The minimum atomic E-state index is -0.467. The predicted molar refractivity (Wildman–Crippen MR) is 80.5 cm³/mol. The van der Waals surface area contributed by atoms with Crippen molar-refractivity contribution in [1.82, 2.24) is 0 Å². The van der Waals surface area contributed by atoms with E-state index in [1.807, 2.05) is 26.0 Å². The summed E-state index contributed by atoms with van der Waals surface area (Å²) < 4.78 is 4.82. The lowest BCUT2D eigenvalue weighted by molar-refractivity contribution is -0.149. The van der Waals surface area contributed by atoms with Crippen LogP contribution >= 0.6 is 11.8 Å². The normalized spacial score (nSPS) is 11.5. The van der Waals surface area contributed by atoms with Crippen LogP contribution in [0.5, 0.6) is 0 Å². The second kappa shape index (κ2) is 5.66. The number of esters is 1. The minimum Gasteiger partial charge on any atom is -0.469 e. The SMILES string of the molecule is COC(=O)C(C)(C)CSc1ccc2ccccc2c1. The van der Waals surface area contributed by atoms with E-state index in [2.05, 4.69) is 30.3 Å². The van der Waals surface area contributed by atoms with E-state index in [0.717, 1.165) is 0 Å². The van der Waals surface area contributed by atoms with Gasteiger partial charge in [0.05, 0.1) is 12.5 Å². The van der Waals surface area contributed by atoms with Crippen LogP contribution in [0.25, 0.3) is 10.8 Å². The fraction of sp³-hybridized carbons (Fsp3) is 0.312. The van der Waals surface area contributed by atoms with Gasteiger partial charge < -0.3 is 4.74 Å². The van der Waals surface area contributed by atoms with Crippen LogP contribution in [0.15, 0.2) is 47.4 Å². The molecule has 0 radical (unpaired) electrons. The molecule has 0 saturated heterocycles. The molecule has 2 aromatic carbocycles. The Kier molecular flexibility index (Phi) is 4.15. The van der Waals surface area contributed by atoms with Gasteiger partial charge in [0, 0.05) is 10.6 Å². The summed E-state index contributed by atoms with van der Waals surface area (Å²) in [4.78, 5) is 12.8. The van der Waals surface area contributed by atoms with Crippen LogP contribution in [0.3, 0.4) is 0 Å². The number of fused-ring (bicyclic) bond motifs is 1. The first kappa shape index (κ1) is 13.9. The first-order valence-corrected chi connectivity index (χ1v) is 7.21. The summed E-state index contributed by atoms with van der Waals surface area (Å²) in [6.07, 6.45) is 0. The molecule has 19 heavy (non-hydrogen) atoms. The summed E-state index contributed by atoms with van der Waals surface area (Å²) >= 11 is 1.69. The van der Waals surface area contributed by atoms with Crippen LogP contribution in [0.4, 0.5) is 0 Å². The molecule has 0 aromatic heterocycles. The highest BCUT2D eigenvalue weighted by molar-refractivity contribution is 7.99. The lowest BCUT2D eigenvalue weighted by atomic mass is 9.97. The topological polar surface area (TPSA) is 26.3 Å². The molecule has 0 fully saturated rings. The summed E-state index contributed by atoms with van der Waals surface area (Å²) in [5, 5.41) is 2.46. The molecule has 0 saturated carbocycles. The molecular weight excluding hydrogens is 256 g/mol. The summed E-state index contributed by atoms with van der Waals surface area (Å²) in [5.74, 6) is 0.540. The van der Waals surface area contributed by atoms with E-state index < -0.39 is 5.41 Å². The van der Waals surface area contributed by atoms with Gasteiger partial charge in [-0.3, -0.25) is 4.79 Å². The Hall–Kier alpha value is -1.48. The quantitative estimate of drug-likeness (QED) is 0.619. The molecule has 0 aliphatic rings. The fourth-order valence-corrected chi connectivity index (χ4v) is 2.88. The Balaban J connectivity index is 2.12. The summed E-state index contributed by atoms with van der Waals surface area (Å²) in [6, 6.07) is 14.6. The smallest absolute Gasteiger partial charge is 0.312 e. The molecule has 2 rings (SSSR count). The highest BCUT2D eigenvalue weighted by Gasteiger charge is 2.28. The van der Waals surface area contributed by atoms with Crippen LogP contribution < -0.4 is 0 Å². The Morgan fingerprint density at radius 2 is 1.84 bits per heavy atom. The van der Waals surface area contributed by atoms with Crippen molar-refractivity contribution in [2.45, 2.75) is 18.7 Å². The van der Waals surface area contributed by atoms with Crippen molar-refractivity contribution in [2.75, 3.05) is 12.9 Å². The lowest BCUT2D eigenvalue weighted by Gasteiger charge is -2.20. The highest BCUT2D eigenvalue weighted by atomic mass is 32.2. The zero-order chi connectivity index (χ0) is 13.9. The van der Waals surface area contributed by atoms with Crippen molar-refractivity contribution in [3.05, 3.63) is 42.5 Å². The third kappa shape index (κ3) is 3.29. The van der Waals surface area contributed by atoms with Gasteiger partial charge in [0.1, 0.15) is 0 Å². The van der Waals surface area contributed by atoms with E-state index in [1.165, 1.54) is 22.8 Å². The van der Waals surface area contributed by atoms with Gasteiger partial charge in [0.25, 0.3) is 0 Å². The van der Waals surface area contributed by atoms with Gasteiger partial charge in [0.15, 0.2) is 0 Å². The maximum absolute atomic E-state index is 11.6. The molecule has 100 valence electrons. The average molecular weight is 274 g/mol. The van der Waals surface area contributed by atoms with Gasteiger partial charge in [-0.2, -0.15) is 0 Å². The molecule has 2 aromatic rings. The highest BCUT2D eigenvalue weighted by Crippen LogP contribution is 2.30. The van der Waals surface area contributed by atoms with E-state index in [0.29, 0.717) is 5.75 Å². The van der Waals surface area contributed by atoms with Gasteiger partial charge in [-0.15, -0.1) is 11.8 Å². The molecule has 0 heterocycles. The number of hydrogen-bond acceptors (Lipinski definition) is 3. The van der Waals surface area contributed by atoms with Crippen LogP contribution in [-0.2, 0) is 9.53 Å². The number of carbonyl (C=O) groups excluding carboxylic acids is 1. The molecule has 3 heteroatoms. The molecule has 0 amide bonds. The molecule has 0 bridgehead atoms. The Morgan fingerprint density at radius 3 is 2.53 bits per heavy atom. The van der Waals surface area contributed by atoms with Crippen LogP contribution in [-0.4, -0.2) is 18.8 Å². The molecule has 2 nitrogen and oxygen atoms in total. The second-order valence-electron chi connectivity index (χ2n) is 5.17. The van der Waals surface area contributed by atoms with E-state index in [4.69, 9.17) is 4.74 Å². The van der Waals surface area contributed by atoms with Crippen LogP contribution in [0, 0.1) is 5.41 Å². The first-order chi connectivity index (χ1) is 9.03. The maximum atomic E-state index is 11.6. The molecule has 0 unspecified atom stereocenters. The molecule has 0 aliphatic carbocycles. The first-order valence-electron chi connectivity index (χ1n) is 6.23. The number of ether oxygens (including phenoxy) is 1. The van der Waals surface area contributed by atoms with Crippen LogP contribution in [0.2, 0.25) is 0 Å². The van der Waals surface area contributed by atoms with Crippen LogP contribution in [0.1, 0.15) is 13.8 Å². The molecule has 0 N–H and O–H groups in total. The molecule has 0 atom stereocenters. The number of hydrogen-bond donors (Lipinski definition) is 0. The monoisotopic (exact) mass is 274 g/mol. The van der Waals surface area contributed by atoms with Crippen molar-refractivity contribution in [2.24, 2.45) is 5.41 Å². The number of rotatable bonds is 4. The third-order valence-electron chi connectivity index (χ3n) is 3.06. The summed E-state index contributed by atoms with van der Waals surface area (Å²) in [5.41, 5.74) is -0.467. The van der Waals surface area contributed by atoms with Gasteiger partial charge in [-0.1, -0.05) is 30.3 Å². The van der Waals surface area contributed by atoms with E-state index in [9.17, 15) is 4.79 Å². The zero-order valence-electron chi connectivity index (χ0n) is 11.5. The summed E-state index contributed by atoms with van der Waals surface area (Å²) in [6.45, 7) is 3.82. The van der Waals surface area contributed by atoms with Gasteiger partial charge >= 0.3 is 5.97 Å². The second-order valence-corrected chi connectivity index (χ2v) is 6.22. The van der Waals surface area contributed by atoms with Crippen molar-refractivity contribution in [3.8, 4) is 0 Å². The number of thioether (sulfide) groups is 1. The van der Waals surface area contributed by atoms with E-state index in [-0.39, 0.29) is 5.97 Å². The maximum Gasteiger partial charge on any atom is 0.312 e. The molecular formula is C16H18O2S. The van der Waals surface area contributed by atoms with Crippen molar-refractivity contribution < 1.29 is 9.53 Å². The number of benzene rings is 2. The van der Waals surface area contributed by atoms with E-state index in [1.54, 1.807) is 11.8 Å². The summed E-state index contributed by atoms with van der Waals surface area (Å²) in [7, 11) is 1.44. The zero-order valence-corrected chi connectivity index (χ0v) is 12.3. The average Bonchev–Trinajstić information content (AvgIpc) is 2.44. The minimum absolute atomic E-state index is 0.166. The predicted octanol–water partition coefficient (Wildman–Crippen LogP) is 4.13. The standard InChI is InChI=1S/C16H18O2S/c1-16(2,15(17)18-3)11-19-14-9-8-12-6-4-5-7-13(12)10-14/h4-10H,11H2,1-3H3. The Labute approximate surface area is 118 Å².